The molecular weight excluding hydrogens is 468 g/mol. The van der Waals surface area contributed by atoms with Crippen LogP contribution >= 0.6 is 46.5 Å². The van der Waals surface area contributed by atoms with Gasteiger partial charge in [-0.2, -0.15) is 5.10 Å². The van der Waals surface area contributed by atoms with Crippen LogP contribution in [0.1, 0.15) is 37.5 Å². The Kier molecular flexibility index (Phi) is 8.54. The molecule has 3 rings (SSSR count). The van der Waals surface area contributed by atoms with Gasteiger partial charge in [0.05, 0.1) is 12.0 Å². The summed E-state index contributed by atoms with van der Waals surface area (Å²) in [7, 11) is 0. The molecule has 0 aliphatic heterocycles. The molecule has 0 fully saturated rings. The van der Waals surface area contributed by atoms with Gasteiger partial charge in [0.25, 0.3) is 5.91 Å². The number of rotatable bonds is 8. The van der Waals surface area contributed by atoms with E-state index < -0.39 is 0 Å². The molecular formula is C22H23ClN4OS3. The SMILES string of the molecule is CC(C)(C)c1ccc(/C=N/NC(=O)CSc2nnc(SCc3ccc(Cl)cc3)s2)cc1. The third-order valence-electron chi connectivity index (χ3n) is 4.17. The minimum atomic E-state index is -0.182. The van der Waals surface area contributed by atoms with Gasteiger partial charge in [-0.05, 0) is 34.2 Å². The number of halogens is 1. The van der Waals surface area contributed by atoms with Crippen LogP contribution in [-0.4, -0.2) is 28.1 Å². The van der Waals surface area contributed by atoms with Crippen molar-refractivity contribution in [2.75, 3.05) is 5.75 Å². The van der Waals surface area contributed by atoms with Crippen LogP contribution < -0.4 is 5.43 Å². The van der Waals surface area contributed by atoms with Crippen LogP contribution in [0.3, 0.4) is 0 Å². The van der Waals surface area contributed by atoms with E-state index >= 15 is 0 Å². The molecule has 0 saturated carbocycles. The van der Waals surface area contributed by atoms with Gasteiger partial charge in [0.2, 0.25) is 0 Å². The van der Waals surface area contributed by atoms with E-state index in [9.17, 15) is 4.79 Å². The van der Waals surface area contributed by atoms with Crippen LogP contribution in [0.25, 0.3) is 0 Å². The topological polar surface area (TPSA) is 67.2 Å². The summed E-state index contributed by atoms with van der Waals surface area (Å²) >= 11 is 10.3. The number of amides is 1. The quantitative estimate of drug-likeness (QED) is 0.237. The van der Waals surface area contributed by atoms with Crippen molar-refractivity contribution in [1.82, 2.24) is 15.6 Å². The van der Waals surface area contributed by atoms with Gasteiger partial charge in [0, 0.05) is 10.8 Å². The summed E-state index contributed by atoms with van der Waals surface area (Å²) in [6.07, 6.45) is 1.64. The molecule has 0 radical (unpaired) electrons. The third-order valence-corrected chi connectivity index (χ3v) is 7.68. The van der Waals surface area contributed by atoms with E-state index in [1.54, 1.807) is 18.0 Å². The van der Waals surface area contributed by atoms with Crippen LogP contribution in [0.4, 0.5) is 0 Å². The molecule has 162 valence electrons. The minimum Gasteiger partial charge on any atom is -0.272 e. The van der Waals surface area contributed by atoms with Crippen molar-refractivity contribution in [3.05, 3.63) is 70.2 Å². The summed E-state index contributed by atoms with van der Waals surface area (Å²) in [5, 5.41) is 13.1. The zero-order valence-electron chi connectivity index (χ0n) is 17.5. The second kappa shape index (κ2) is 11.1. The van der Waals surface area contributed by atoms with Crippen molar-refractivity contribution >= 4 is 58.6 Å². The van der Waals surface area contributed by atoms with Crippen molar-refractivity contribution < 1.29 is 4.79 Å². The number of nitrogens with zero attached hydrogens (tertiary/aromatic N) is 3. The fourth-order valence-corrected chi connectivity index (χ4v) is 5.34. The Morgan fingerprint density at radius 2 is 1.71 bits per heavy atom. The van der Waals surface area contributed by atoms with Gasteiger partial charge in [-0.1, -0.05) is 104 Å². The van der Waals surface area contributed by atoms with Crippen LogP contribution in [0.2, 0.25) is 5.02 Å². The zero-order valence-corrected chi connectivity index (χ0v) is 20.7. The van der Waals surface area contributed by atoms with Gasteiger partial charge < -0.3 is 0 Å². The maximum Gasteiger partial charge on any atom is 0.250 e. The lowest BCUT2D eigenvalue weighted by atomic mass is 9.87. The molecule has 1 N–H and O–H groups in total. The van der Waals surface area contributed by atoms with Crippen molar-refractivity contribution in [2.45, 2.75) is 40.6 Å². The van der Waals surface area contributed by atoms with Gasteiger partial charge in [0.15, 0.2) is 8.68 Å². The Labute approximate surface area is 200 Å². The Balaban J connectivity index is 1.40. The highest BCUT2D eigenvalue weighted by Crippen LogP contribution is 2.30. The average molecular weight is 491 g/mol. The fourth-order valence-electron chi connectivity index (χ4n) is 2.45. The van der Waals surface area contributed by atoms with Crippen LogP contribution in [0.5, 0.6) is 0 Å². The van der Waals surface area contributed by atoms with Crippen LogP contribution in [0.15, 0.2) is 62.3 Å². The molecule has 0 aliphatic carbocycles. The monoisotopic (exact) mass is 490 g/mol. The van der Waals surface area contributed by atoms with Gasteiger partial charge in [-0.3, -0.25) is 4.79 Å². The largest absolute Gasteiger partial charge is 0.272 e. The molecule has 1 aromatic heterocycles. The number of thioether (sulfide) groups is 2. The molecule has 2 aromatic carbocycles. The second-order valence-corrected chi connectivity index (χ2v) is 11.6. The number of hydrogen-bond donors (Lipinski definition) is 1. The smallest absolute Gasteiger partial charge is 0.250 e. The Bertz CT molecular complexity index is 1030. The van der Waals surface area contributed by atoms with Crippen LogP contribution in [0, 0.1) is 0 Å². The van der Waals surface area contributed by atoms with Crippen LogP contribution in [-0.2, 0) is 16.0 Å². The first-order valence-corrected chi connectivity index (χ1v) is 12.7. The average Bonchev–Trinajstić information content (AvgIpc) is 3.19. The van der Waals surface area contributed by atoms with Gasteiger partial charge >= 0.3 is 0 Å². The predicted molar refractivity (Wildman–Crippen MR) is 133 cm³/mol. The number of nitrogens with one attached hydrogen (secondary N) is 1. The standard InChI is InChI=1S/C22H23ClN4OS3/c1-22(2,3)17-8-4-15(5-9-17)12-24-25-19(28)14-30-21-27-26-20(31-21)29-13-16-6-10-18(23)11-7-16/h4-12H,13-14H2,1-3H3,(H,25,28)/b24-12+. The van der Waals surface area contributed by atoms with E-state index in [1.165, 1.54) is 34.2 Å². The lowest BCUT2D eigenvalue weighted by Crippen LogP contribution is -2.19. The van der Waals surface area contributed by atoms with Crippen molar-refractivity contribution in [2.24, 2.45) is 5.10 Å². The lowest BCUT2D eigenvalue weighted by molar-refractivity contribution is -0.118. The number of aromatic nitrogens is 2. The van der Waals surface area contributed by atoms with E-state index in [1.807, 2.05) is 36.4 Å². The fraction of sp³-hybridized carbons (Fsp3) is 0.273. The summed E-state index contributed by atoms with van der Waals surface area (Å²) in [5.41, 5.74) is 6.03. The Hall–Kier alpha value is -1.87. The molecule has 0 saturated heterocycles. The molecule has 0 atom stereocenters. The third kappa shape index (κ3) is 7.96. The molecule has 1 amide bonds. The van der Waals surface area contributed by atoms with Crippen molar-refractivity contribution in [3.8, 4) is 0 Å². The predicted octanol–water partition coefficient (Wildman–Crippen LogP) is 6.02. The number of carbonyl (C=O) groups is 1. The van der Waals surface area contributed by atoms with Gasteiger partial charge in [-0.25, -0.2) is 5.43 Å². The van der Waals surface area contributed by atoms with E-state index in [2.05, 4.69) is 53.6 Å². The summed E-state index contributed by atoms with van der Waals surface area (Å²) in [6.45, 7) is 6.52. The van der Waals surface area contributed by atoms with E-state index in [0.29, 0.717) is 0 Å². The van der Waals surface area contributed by atoms with Crippen molar-refractivity contribution in [3.63, 3.8) is 0 Å². The normalized spacial score (nSPS) is 11.7. The highest BCUT2D eigenvalue weighted by Gasteiger charge is 2.12. The minimum absolute atomic E-state index is 0.111. The van der Waals surface area contributed by atoms with E-state index in [-0.39, 0.29) is 17.1 Å². The molecule has 9 heteroatoms. The number of carbonyl (C=O) groups excluding carboxylic acids is 1. The maximum absolute atomic E-state index is 12.0. The maximum atomic E-state index is 12.0. The molecule has 0 bridgehead atoms. The molecule has 5 nitrogen and oxygen atoms in total. The lowest BCUT2D eigenvalue weighted by Gasteiger charge is -2.18. The number of hydrazone groups is 1. The molecule has 0 spiro atoms. The first-order chi connectivity index (χ1) is 14.8. The molecule has 3 aromatic rings. The van der Waals surface area contributed by atoms with Gasteiger partial charge in [0.1, 0.15) is 0 Å². The highest BCUT2D eigenvalue weighted by atomic mass is 35.5. The zero-order chi connectivity index (χ0) is 22.3. The second-order valence-electron chi connectivity index (χ2n) is 7.70. The molecule has 0 unspecified atom stereocenters. The molecule has 31 heavy (non-hydrogen) atoms. The molecule has 1 heterocycles. The summed E-state index contributed by atoms with van der Waals surface area (Å²) in [5.74, 6) is 0.845. The summed E-state index contributed by atoms with van der Waals surface area (Å²) in [6, 6.07) is 15.9. The Morgan fingerprint density at radius 3 is 2.35 bits per heavy atom. The first kappa shape index (κ1) is 23.8. The van der Waals surface area contributed by atoms with Crippen molar-refractivity contribution in [1.29, 1.82) is 0 Å². The molecule has 0 aliphatic rings. The highest BCUT2D eigenvalue weighted by molar-refractivity contribution is 8.03. The summed E-state index contributed by atoms with van der Waals surface area (Å²) in [4.78, 5) is 12.0. The van der Waals surface area contributed by atoms with E-state index in [4.69, 9.17) is 11.6 Å². The number of benzene rings is 2. The first-order valence-electron chi connectivity index (χ1n) is 9.55. The van der Waals surface area contributed by atoms with E-state index in [0.717, 1.165) is 25.0 Å². The Morgan fingerprint density at radius 1 is 1.06 bits per heavy atom. The van der Waals surface area contributed by atoms with Gasteiger partial charge in [-0.15, -0.1) is 10.2 Å². The number of hydrogen-bond acceptors (Lipinski definition) is 7. The summed E-state index contributed by atoms with van der Waals surface area (Å²) < 4.78 is 1.63.